The Balaban J connectivity index is 1.33. The number of aromatic nitrogens is 5. The molecular weight excluding hydrogens is 416 g/mol. The van der Waals surface area contributed by atoms with E-state index in [1.165, 1.54) is 0 Å². The van der Waals surface area contributed by atoms with E-state index in [9.17, 15) is 0 Å². The molecule has 9 nitrogen and oxygen atoms in total. The van der Waals surface area contributed by atoms with Crippen molar-refractivity contribution in [3.8, 4) is 0 Å². The number of anilines is 3. The molecule has 10 heteroatoms. The average Bonchev–Trinajstić information content (AvgIpc) is 3.40. The van der Waals surface area contributed by atoms with Crippen LogP contribution < -0.4 is 10.2 Å². The van der Waals surface area contributed by atoms with Crippen molar-refractivity contribution >= 4 is 29.1 Å². The second-order valence-electron chi connectivity index (χ2n) is 9.45. The predicted molar refractivity (Wildman–Crippen MR) is 118 cm³/mol. The number of aryl methyl sites for hydroxylation is 2. The second-order valence-corrected chi connectivity index (χ2v) is 9.86. The number of halogens is 1. The van der Waals surface area contributed by atoms with Crippen molar-refractivity contribution in [2.45, 2.75) is 27.3 Å². The van der Waals surface area contributed by atoms with Crippen molar-refractivity contribution in [2.24, 2.45) is 17.9 Å². The van der Waals surface area contributed by atoms with Gasteiger partial charge < -0.3 is 14.7 Å². The fourth-order valence-electron chi connectivity index (χ4n) is 5.03. The van der Waals surface area contributed by atoms with Gasteiger partial charge in [0.2, 0.25) is 5.95 Å². The molecule has 2 atom stereocenters. The van der Waals surface area contributed by atoms with Crippen LogP contribution in [0.25, 0.3) is 0 Å². The Labute approximate surface area is 186 Å². The SMILES string of the molecule is Cc1cc(CN2C[C@@]3(C)CN(c4nc(Nc5cnn(C)c5)ncc4Cl)C[C@@]3(C)C2)on1. The van der Waals surface area contributed by atoms with Gasteiger partial charge in [0.15, 0.2) is 11.6 Å². The summed E-state index contributed by atoms with van der Waals surface area (Å²) < 4.78 is 7.17. The molecule has 0 aliphatic carbocycles. The van der Waals surface area contributed by atoms with Gasteiger partial charge in [-0.1, -0.05) is 30.6 Å². The molecule has 2 aliphatic heterocycles. The highest BCUT2D eigenvalue weighted by Crippen LogP contribution is 2.53. The fourth-order valence-corrected chi connectivity index (χ4v) is 5.24. The predicted octanol–water partition coefficient (Wildman–Crippen LogP) is 3.25. The van der Waals surface area contributed by atoms with Gasteiger partial charge in [0.25, 0.3) is 0 Å². The first kappa shape index (κ1) is 20.3. The van der Waals surface area contributed by atoms with Crippen molar-refractivity contribution in [1.29, 1.82) is 0 Å². The summed E-state index contributed by atoms with van der Waals surface area (Å²) >= 11 is 6.53. The molecule has 0 radical (unpaired) electrons. The van der Waals surface area contributed by atoms with Gasteiger partial charge in [-0.25, -0.2) is 4.98 Å². The summed E-state index contributed by atoms with van der Waals surface area (Å²) in [5, 5.41) is 12.0. The van der Waals surface area contributed by atoms with E-state index in [4.69, 9.17) is 21.1 Å². The summed E-state index contributed by atoms with van der Waals surface area (Å²) in [4.78, 5) is 13.8. The molecule has 0 spiro atoms. The zero-order valence-electron chi connectivity index (χ0n) is 18.3. The Morgan fingerprint density at radius 1 is 1.16 bits per heavy atom. The van der Waals surface area contributed by atoms with Gasteiger partial charge >= 0.3 is 0 Å². The van der Waals surface area contributed by atoms with Crippen LogP contribution >= 0.6 is 11.6 Å². The van der Waals surface area contributed by atoms with Gasteiger partial charge in [-0.15, -0.1) is 0 Å². The van der Waals surface area contributed by atoms with Gasteiger partial charge in [-0.05, 0) is 6.92 Å². The quantitative estimate of drug-likeness (QED) is 0.644. The lowest BCUT2D eigenvalue weighted by Crippen LogP contribution is -2.34. The summed E-state index contributed by atoms with van der Waals surface area (Å²) in [7, 11) is 1.87. The van der Waals surface area contributed by atoms with Crippen LogP contribution in [0.15, 0.2) is 29.2 Å². The van der Waals surface area contributed by atoms with E-state index < -0.39 is 0 Å². The molecular formula is C21H27ClN8O. The third-order valence-electron chi connectivity index (χ3n) is 6.72. The minimum absolute atomic E-state index is 0.118. The van der Waals surface area contributed by atoms with E-state index in [1.54, 1.807) is 17.1 Å². The Bertz CT molecular complexity index is 1090. The molecule has 3 aromatic heterocycles. The van der Waals surface area contributed by atoms with Gasteiger partial charge in [0, 0.05) is 56.3 Å². The number of nitrogens with zero attached hydrogens (tertiary/aromatic N) is 7. The maximum atomic E-state index is 6.53. The molecule has 1 N–H and O–H groups in total. The number of hydrogen-bond acceptors (Lipinski definition) is 8. The molecule has 3 aromatic rings. The zero-order valence-corrected chi connectivity index (χ0v) is 19.0. The van der Waals surface area contributed by atoms with Crippen LogP contribution in [0.3, 0.4) is 0 Å². The van der Waals surface area contributed by atoms with E-state index in [1.807, 2.05) is 26.2 Å². The molecule has 0 bridgehead atoms. The monoisotopic (exact) mass is 442 g/mol. The van der Waals surface area contributed by atoms with Gasteiger partial charge in [0.05, 0.1) is 30.3 Å². The van der Waals surface area contributed by atoms with Crippen molar-refractivity contribution in [3.63, 3.8) is 0 Å². The van der Waals surface area contributed by atoms with E-state index in [0.717, 1.165) is 55.7 Å². The lowest BCUT2D eigenvalue weighted by Gasteiger charge is -2.30. The molecule has 164 valence electrons. The Morgan fingerprint density at radius 3 is 2.52 bits per heavy atom. The molecule has 5 rings (SSSR count). The summed E-state index contributed by atoms with van der Waals surface area (Å²) in [6.45, 7) is 11.2. The fraction of sp³-hybridized carbons (Fsp3) is 0.524. The highest BCUT2D eigenvalue weighted by atomic mass is 35.5. The molecule has 0 unspecified atom stereocenters. The number of rotatable bonds is 5. The first-order valence-corrected chi connectivity index (χ1v) is 10.8. The smallest absolute Gasteiger partial charge is 0.229 e. The third kappa shape index (κ3) is 3.65. The molecule has 0 amide bonds. The molecule has 2 fully saturated rings. The molecule has 2 aliphatic rings. The zero-order chi connectivity index (χ0) is 21.8. The van der Waals surface area contributed by atoms with E-state index in [-0.39, 0.29) is 10.8 Å². The number of fused-ring (bicyclic) bond motifs is 1. The lowest BCUT2D eigenvalue weighted by atomic mass is 9.71. The third-order valence-corrected chi connectivity index (χ3v) is 6.99. The summed E-state index contributed by atoms with van der Waals surface area (Å²) in [6.07, 6.45) is 5.29. The van der Waals surface area contributed by atoms with Crippen LogP contribution in [0.2, 0.25) is 5.02 Å². The largest absolute Gasteiger partial charge is 0.360 e. The average molecular weight is 443 g/mol. The first-order chi connectivity index (χ1) is 14.7. The van der Waals surface area contributed by atoms with Crippen molar-refractivity contribution in [1.82, 2.24) is 29.8 Å². The summed E-state index contributed by atoms with van der Waals surface area (Å²) in [5.74, 6) is 2.21. The van der Waals surface area contributed by atoms with Crippen LogP contribution in [0.1, 0.15) is 25.3 Å². The first-order valence-electron chi connectivity index (χ1n) is 10.4. The van der Waals surface area contributed by atoms with Crippen LogP contribution in [0, 0.1) is 17.8 Å². The number of likely N-dealkylation sites (tertiary alicyclic amines) is 1. The summed E-state index contributed by atoms with van der Waals surface area (Å²) in [6, 6.07) is 2.02. The topological polar surface area (TPSA) is 88.1 Å². The summed E-state index contributed by atoms with van der Waals surface area (Å²) in [5.41, 5.74) is 2.00. The second kappa shape index (κ2) is 7.20. The molecule has 0 saturated carbocycles. The standard InChI is InChI=1S/C21H27ClN8O/c1-14-5-16(31-27-14)9-29-10-20(2)12-30(13-21(20,3)11-29)18-17(22)7-23-19(26-18)25-15-6-24-28(4)8-15/h5-8H,9-13H2,1-4H3,(H,23,25,26)/t20-,21+. The normalized spacial score (nSPS) is 25.9. The van der Waals surface area contributed by atoms with E-state index in [0.29, 0.717) is 11.0 Å². The van der Waals surface area contributed by atoms with Crippen LogP contribution in [-0.2, 0) is 13.6 Å². The van der Waals surface area contributed by atoms with Gasteiger partial charge in [0.1, 0.15) is 5.02 Å². The molecule has 0 aromatic carbocycles. The van der Waals surface area contributed by atoms with Gasteiger partial charge in [-0.3, -0.25) is 9.58 Å². The van der Waals surface area contributed by atoms with Crippen molar-refractivity contribution in [2.75, 3.05) is 36.4 Å². The lowest BCUT2D eigenvalue weighted by molar-refractivity contribution is 0.212. The maximum Gasteiger partial charge on any atom is 0.229 e. The van der Waals surface area contributed by atoms with Crippen molar-refractivity contribution < 1.29 is 4.52 Å². The molecule has 2 saturated heterocycles. The Hall–Kier alpha value is -2.65. The van der Waals surface area contributed by atoms with Gasteiger partial charge in [-0.2, -0.15) is 10.1 Å². The Morgan fingerprint density at radius 2 is 1.90 bits per heavy atom. The molecule has 5 heterocycles. The van der Waals surface area contributed by atoms with Crippen LogP contribution in [-0.4, -0.2) is 56.0 Å². The number of hydrogen-bond donors (Lipinski definition) is 1. The maximum absolute atomic E-state index is 6.53. The highest BCUT2D eigenvalue weighted by Gasteiger charge is 2.58. The molecule has 31 heavy (non-hydrogen) atoms. The van der Waals surface area contributed by atoms with Crippen LogP contribution in [0.4, 0.5) is 17.5 Å². The minimum atomic E-state index is 0.118. The van der Waals surface area contributed by atoms with Crippen LogP contribution in [0.5, 0.6) is 0 Å². The van der Waals surface area contributed by atoms with Crippen molar-refractivity contribution in [3.05, 3.63) is 41.1 Å². The number of nitrogens with one attached hydrogen (secondary N) is 1. The minimum Gasteiger partial charge on any atom is -0.360 e. The van der Waals surface area contributed by atoms with E-state index >= 15 is 0 Å². The van der Waals surface area contributed by atoms with E-state index in [2.05, 4.69) is 44.2 Å². The highest BCUT2D eigenvalue weighted by molar-refractivity contribution is 6.32. The Kier molecular flexibility index (Phi) is 4.71.